The molecule has 0 spiro atoms. The molecule has 5 aromatic carbocycles. The van der Waals surface area contributed by atoms with Crippen LogP contribution in [0.3, 0.4) is 0 Å². The second kappa shape index (κ2) is 17.2. The Bertz CT molecular complexity index is 4010. The van der Waals surface area contributed by atoms with Crippen LogP contribution >= 0.6 is 0 Å². The van der Waals surface area contributed by atoms with Gasteiger partial charge >= 0.3 is 6.18 Å². The molecule has 0 bridgehead atoms. The van der Waals surface area contributed by atoms with Gasteiger partial charge in [-0.25, -0.2) is 59.8 Å². The molecule has 0 aliphatic rings. The molecule has 18 heteroatoms. The van der Waals surface area contributed by atoms with Gasteiger partial charge in [0, 0.05) is 61.2 Å². The van der Waals surface area contributed by atoms with E-state index in [1.807, 2.05) is 133 Å². The summed E-state index contributed by atoms with van der Waals surface area (Å²) < 4.78 is 48.9. The zero-order valence-electron chi connectivity index (χ0n) is 41.2. The molecule has 362 valence electrons. The predicted octanol–water partition coefficient (Wildman–Crippen LogP) is 11.8. The molecule has 0 unspecified atom stereocenters. The van der Waals surface area contributed by atoms with Gasteiger partial charge in [0.15, 0.2) is 23.3 Å². The minimum atomic E-state index is -4.66. The fourth-order valence-corrected chi connectivity index (χ4v) is 9.94. The number of hydrogen-bond acceptors (Lipinski definition) is 13. The second-order valence-corrected chi connectivity index (χ2v) is 18.2. The average Bonchev–Trinajstić information content (AvgIpc) is 3.86. The van der Waals surface area contributed by atoms with Gasteiger partial charge in [0.05, 0.1) is 39.0 Å². The summed E-state index contributed by atoms with van der Waals surface area (Å²) in [5.74, 6) is 6.76. The number of aromatic nitrogens is 15. The van der Waals surface area contributed by atoms with Crippen LogP contribution in [0.4, 0.5) is 13.2 Å². The van der Waals surface area contributed by atoms with Crippen molar-refractivity contribution in [3.05, 3.63) is 161 Å². The number of pyridine rings is 1. The summed E-state index contributed by atoms with van der Waals surface area (Å²) in [4.78, 5) is 59.7. The van der Waals surface area contributed by atoms with Gasteiger partial charge in [0.25, 0.3) is 0 Å². The van der Waals surface area contributed by atoms with E-state index in [0.29, 0.717) is 87.0 Å². The van der Waals surface area contributed by atoms with Gasteiger partial charge < -0.3 is 9.13 Å². The van der Waals surface area contributed by atoms with E-state index in [1.165, 1.54) is 12.1 Å². The zero-order valence-corrected chi connectivity index (χ0v) is 41.2. The third-order valence-corrected chi connectivity index (χ3v) is 12.8. The predicted molar refractivity (Wildman–Crippen MR) is 277 cm³/mol. The van der Waals surface area contributed by atoms with E-state index in [1.54, 1.807) is 6.20 Å². The molecule has 0 atom stereocenters. The highest BCUT2D eigenvalue weighted by molar-refractivity contribution is 6.13. The number of nitrogens with zero attached hydrogens (tertiary/aromatic N) is 15. The van der Waals surface area contributed by atoms with Gasteiger partial charge in [-0.2, -0.15) is 13.2 Å². The number of benzene rings is 5. The molecule has 0 amide bonds. The molecular weight excluding hydrogens is 940 g/mol. The third-order valence-electron chi connectivity index (χ3n) is 12.8. The second-order valence-electron chi connectivity index (χ2n) is 18.2. The maximum atomic E-state index is 15.0. The molecule has 0 saturated heterocycles. The fraction of sp³-hybridized carbons (Fsp3) is 0.161. The molecule has 0 radical (unpaired) electrons. The number of fused-ring (bicyclic) bond motifs is 6. The van der Waals surface area contributed by atoms with E-state index in [9.17, 15) is 13.2 Å². The van der Waals surface area contributed by atoms with Crippen molar-refractivity contribution in [2.45, 2.75) is 61.6 Å². The normalized spacial score (nSPS) is 12.0. The number of rotatable bonds is 7. The fourth-order valence-electron chi connectivity index (χ4n) is 9.94. The Hall–Kier alpha value is -9.32. The average molecular weight is 982 g/mol. The Morgan fingerprint density at radius 2 is 0.689 bits per heavy atom. The van der Waals surface area contributed by atoms with Gasteiger partial charge in [0.1, 0.15) is 46.6 Å². The third kappa shape index (κ3) is 8.09. The standard InChI is InChI=1S/C56H42F3N15/c1-27-61-28(2)66-52(65-27)35-9-14-47-41(21-35)42-22-36(53-67-29(3)62-30(4)68-53)10-15-48(42)73(47)40-19-20-60-46(26-40)45-25-39(56(57,58)59)13-18-51(45)74-49-16-11-37(54-69-31(5)63-32(6)70-54)23-43(49)44-24-38(12-17-50(44)74)55-71-33(7)64-34(8)72-55/h9-26H,1-8H3. The van der Waals surface area contributed by atoms with Crippen LogP contribution in [0.2, 0.25) is 0 Å². The molecule has 0 fully saturated rings. The van der Waals surface area contributed by atoms with Crippen molar-refractivity contribution in [2.24, 2.45) is 0 Å². The van der Waals surface area contributed by atoms with Crippen LogP contribution in [0, 0.1) is 55.4 Å². The van der Waals surface area contributed by atoms with Crippen molar-refractivity contribution in [1.82, 2.24) is 73.9 Å². The lowest BCUT2D eigenvalue weighted by molar-refractivity contribution is -0.137. The highest BCUT2D eigenvalue weighted by atomic mass is 19.4. The van der Waals surface area contributed by atoms with Crippen LogP contribution in [0.25, 0.3) is 112 Å². The van der Waals surface area contributed by atoms with E-state index < -0.39 is 11.7 Å². The Morgan fingerprint density at radius 1 is 0.351 bits per heavy atom. The lowest BCUT2D eigenvalue weighted by Crippen LogP contribution is -2.07. The molecule has 0 N–H and O–H groups in total. The maximum absolute atomic E-state index is 15.0. The number of halogens is 3. The van der Waals surface area contributed by atoms with Crippen molar-refractivity contribution in [3.63, 3.8) is 0 Å². The molecule has 15 nitrogen and oxygen atoms in total. The lowest BCUT2D eigenvalue weighted by Gasteiger charge is -2.17. The Labute approximate surface area is 420 Å². The summed E-state index contributed by atoms with van der Waals surface area (Å²) in [6.45, 7) is 14.6. The SMILES string of the molecule is Cc1nc(C)nc(-c2ccc3c(c2)c2cc(-c4nc(C)nc(C)n4)ccc2n3-c2ccnc(-c3cc(C(F)(F)F)ccc3-n3c4ccc(-c5nc(C)nc(C)n5)cc4c4cc(-c5nc(C)nc(C)n5)ccc43)c2)n1. The van der Waals surface area contributed by atoms with Crippen molar-refractivity contribution < 1.29 is 13.2 Å². The Morgan fingerprint density at radius 3 is 1.03 bits per heavy atom. The molecule has 12 rings (SSSR count). The highest BCUT2D eigenvalue weighted by Gasteiger charge is 2.32. The van der Waals surface area contributed by atoms with Crippen LogP contribution in [-0.2, 0) is 6.18 Å². The Balaban J connectivity index is 1.09. The van der Waals surface area contributed by atoms with Crippen LogP contribution in [0.1, 0.15) is 52.2 Å². The monoisotopic (exact) mass is 981 g/mol. The topological polar surface area (TPSA) is 177 Å². The maximum Gasteiger partial charge on any atom is 0.416 e. The van der Waals surface area contributed by atoms with Crippen LogP contribution in [0.15, 0.2) is 109 Å². The molecule has 0 aliphatic heterocycles. The molecule has 7 heterocycles. The summed E-state index contributed by atoms with van der Waals surface area (Å²) in [7, 11) is 0. The van der Waals surface area contributed by atoms with Gasteiger partial charge in [-0.05, 0) is 159 Å². The van der Waals surface area contributed by atoms with E-state index in [2.05, 4.69) is 76.5 Å². The highest BCUT2D eigenvalue weighted by Crippen LogP contribution is 2.43. The number of alkyl halides is 3. The molecule has 7 aromatic heterocycles. The first-order valence-electron chi connectivity index (χ1n) is 23.6. The summed E-state index contributed by atoms with van der Waals surface area (Å²) >= 11 is 0. The Kier molecular flexibility index (Phi) is 10.6. The van der Waals surface area contributed by atoms with E-state index in [-0.39, 0.29) is 5.56 Å². The van der Waals surface area contributed by atoms with Crippen molar-refractivity contribution in [1.29, 1.82) is 0 Å². The van der Waals surface area contributed by atoms with E-state index in [0.717, 1.165) is 71.9 Å². The molecular formula is C56H42F3N15. The van der Waals surface area contributed by atoms with Gasteiger partial charge in [-0.3, -0.25) is 4.98 Å². The van der Waals surface area contributed by atoms with Gasteiger partial charge in [-0.15, -0.1) is 0 Å². The molecule has 74 heavy (non-hydrogen) atoms. The minimum Gasteiger partial charge on any atom is -0.309 e. The molecule has 0 saturated carbocycles. The van der Waals surface area contributed by atoms with Crippen molar-refractivity contribution in [3.8, 4) is 68.2 Å². The van der Waals surface area contributed by atoms with Crippen LogP contribution in [0.5, 0.6) is 0 Å². The molecule has 12 aromatic rings. The van der Waals surface area contributed by atoms with E-state index >= 15 is 0 Å². The summed E-state index contributed by atoms with van der Waals surface area (Å²) in [6, 6.07) is 31.3. The lowest BCUT2D eigenvalue weighted by atomic mass is 10.0. The summed E-state index contributed by atoms with van der Waals surface area (Å²) in [5, 5.41) is 3.37. The summed E-state index contributed by atoms with van der Waals surface area (Å²) in [5.41, 5.74) is 7.06. The first kappa shape index (κ1) is 45.8. The van der Waals surface area contributed by atoms with Crippen LogP contribution < -0.4 is 0 Å². The van der Waals surface area contributed by atoms with E-state index in [4.69, 9.17) is 4.98 Å². The van der Waals surface area contributed by atoms with Crippen molar-refractivity contribution >= 4 is 43.6 Å². The minimum absolute atomic E-state index is 0.257. The molecule has 0 aliphatic carbocycles. The summed E-state index contributed by atoms with van der Waals surface area (Å²) in [6.07, 6.45) is -3.03. The first-order chi connectivity index (χ1) is 35.5. The van der Waals surface area contributed by atoms with Crippen LogP contribution in [-0.4, -0.2) is 73.9 Å². The van der Waals surface area contributed by atoms with Gasteiger partial charge in [0.2, 0.25) is 0 Å². The smallest absolute Gasteiger partial charge is 0.309 e. The first-order valence-corrected chi connectivity index (χ1v) is 23.6. The number of hydrogen-bond donors (Lipinski definition) is 0. The van der Waals surface area contributed by atoms with Gasteiger partial charge in [-0.1, -0.05) is 0 Å². The quantitative estimate of drug-likeness (QED) is 0.147. The largest absolute Gasteiger partial charge is 0.416 e. The number of aryl methyl sites for hydroxylation is 8. The zero-order chi connectivity index (χ0) is 51.3. The van der Waals surface area contributed by atoms with Crippen molar-refractivity contribution in [2.75, 3.05) is 0 Å².